The normalized spacial score (nSPS) is 27.6. The first-order valence-electron chi connectivity index (χ1n) is 7.67. The van der Waals surface area contributed by atoms with Gasteiger partial charge < -0.3 is 10.1 Å². The molecule has 116 valence electrons. The molecule has 0 aromatic heterocycles. The molecule has 3 atom stereocenters. The highest BCUT2D eigenvalue weighted by molar-refractivity contribution is 6.30. The zero-order chi connectivity index (χ0) is 14.8. The van der Waals surface area contributed by atoms with E-state index in [1.54, 1.807) is 6.07 Å². The number of fused-ring (bicyclic) bond motifs is 1. The third kappa shape index (κ3) is 3.57. The Kier molecular flexibility index (Phi) is 4.79. The van der Waals surface area contributed by atoms with Gasteiger partial charge in [0.25, 0.3) is 0 Å². The Morgan fingerprint density at radius 1 is 1.52 bits per heavy atom. The van der Waals surface area contributed by atoms with Crippen molar-refractivity contribution in [2.45, 2.75) is 38.0 Å². The zero-order valence-corrected chi connectivity index (χ0v) is 13.1. The molecule has 0 bridgehead atoms. The number of ether oxygens (including phenoxy) is 1. The van der Waals surface area contributed by atoms with Crippen molar-refractivity contribution in [3.05, 3.63) is 34.6 Å². The van der Waals surface area contributed by atoms with Crippen molar-refractivity contribution in [1.29, 1.82) is 0 Å². The highest BCUT2D eigenvalue weighted by atomic mass is 35.5. The van der Waals surface area contributed by atoms with Gasteiger partial charge in [-0.15, -0.1) is 0 Å². The summed E-state index contributed by atoms with van der Waals surface area (Å²) < 4.78 is 19.4. The zero-order valence-electron chi connectivity index (χ0n) is 12.3. The monoisotopic (exact) mass is 312 g/mol. The average Bonchev–Trinajstić information content (AvgIpc) is 2.95. The maximum absolute atomic E-state index is 13.5. The molecule has 21 heavy (non-hydrogen) atoms. The lowest BCUT2D eigenvalue weighted by Crippen LogP contribution is -2.49. The van der Waals surface area contributed by atoms with Crippen LogP contribution in [-0.2, 0) is 4.74 Å². The molecule has 5 heteroatoms. The quantitative estimate of drug-likeness (QED) is 0.925. The van der Waals surface area contributed by atoms with E-state index in [-0.39, 0.29) is 23.0 Å². The fourth-order valence-electron chi connectivity index (χ4n) is 3.22. The lowest BCUT2D eigenvalue weighted by Gasteiger charge is -2.35. The van der Waals surface area contributed by atoms with Crippen LogP contribution < -0.4 is 5.32 Å². The van der Waals surface area contributed by atoms with Crippen molar-refractivity contribution in [2.24, 2.45) is 0 Å². The Morgan fingerprint density at radius 3 is 3.19 bits per heavy atom. The number of halogens is 2. The number of hydrogen-bond acceptors (Lipinski definition) is 3. The second kappa shape index (κ2) is 6.61. The third-order valence-electron chi connectivity index (χ3n) is 4.56. The Balaban J connectivity index is 1.51. The van der Waals surface area contributed by atoms with Crippen LogP contribution in [0.1, 0.15) is 31.4 Å². The average molecular weight is 313 g/mol. The largest absolute Gasteiger partial charge is 0.374 e. The molecule has 2 heterocycles. The molecule has 2 saturated heterocycles. The summed E-state index contributed by atoms with van der Waals surface area (Å²) in [5.74, 6) is -0.364. The van der Waals surface area contributed by atoms with E-state index in [1.807, 2.05) is 13.0 Å². The van der Waals surface area contributed by atoms with Gasteiger partial charge in [0, 0.05) is 25.2 Å². The molecule has 0 saturated carbocycles. The van der Waals surface area contributed by atoms with Crippen LogP contribution in [0.2, 0.25) is 5.02 Å². The van der Waals surface area contributed by atoms with Crippen LogP contribution >= 0.6 is 11.6 Å². The van der Waals surface area contributed by atoms with Gasteiger partial charge in [0.15, 0.2) is 0 Å². The summed E-state index contributed by atoms with van der Waals surface area (Å²) in [6.45, 7) is 5.86. The van der Waals surface area contributed by atoms with Gasteiger partial charge in [0.2, 0.25) is 0 Å². The highest BCUT2D eigenvalue weighted by Gasteiger charge is 2.32. The minimum absolute atomic E-state index is 0.0802. The first-order chi connectivity index (χ1) is 10.1. The molecule has 2 fully saturated rings. The number of hydrogen-bond donors (Lipinski definition) is 1. The Morgan fingerprint density at radius 2 is 2.38 bits per heavy atom. The maximum Gasteiger partial charge on any atom is 0.142 e. The predicted molar refractivity (Wildman–Crippen MR) is 82.2 cm³/mol. The van der Waals surface area contributed by atoms with Crippen molar-refractivity contribution in [3.63, 3.8) is 0 Å². The maximum atomic E-state index is 13.5. The molecule has 3 rings (SSSR count). The summed E-state index contributed by atoms with van der Waals surface area (Å²) in [7, 11) is 0. The number of nitrogens with zero attached hydrogens (tertiary/aromatic N) is 1. The van der Waals surface area contributed by atoms with Gasteiger partial charge >= 0.3 is 0 Å². The molecule has 0 radical (unpaired) electrons. The van der Waals surface area contributed by atoms with Crippen LogP contribution in [0.25, 0.3) is 0 Å². The number of morpholine rings is 1. The van der Waals surface area contributed by atoms with Gasteiger partial charge in [0.1, 0.15) is 5.82 Å². The topological polar surface area (TPSA) is 24.5 Å². The van der Waals surface area contributed by atoms with Gasteiger partial charge in [-0.25, -0.2) is 4.39 Å². The van der Waals surface area contributed by atoms with E-state index in [0.29, 0.717) is 6.04 Å². The predicted octanol–water partition coefficient (Wildman–Crippen LogP) is 2.99. The molecule has 0 spiro atoms. The Bertz CT molecular complexity index is 499. The number of rotatable bonds is 4. The van der Waals surface area contributed by atoms with E-state index < -0.39 is 0 Å². The van der Waals surface area contributed by atoms with Crippen LogP contribution in [0.4, 0.5) is 4.39 Å². The second-order valence-corrected chi connectivity index (χ2v) is 6.46. The Labute approximate surface area is 130 Å². The third-order valence-corrected chi connectivity index (χ3v) is 4.86. The molecule has 3 unspecified atom stereocenters. The molecule has 0 aliphatic carbocycles. The van der Waals surface area contributed by atoms with Gasteiger partial charge in [-0.05, 0) is 44.0 Å². The SMILES string of the molecule is CC(NCC1CN2CCCC2CO1)c1ccc(Cl)c(F)c1. The van der Waals surface area contributed by atoms with Crippen LogP contribution in [0.15, 0.2) is 18.2 Å². The fraction of sp³-hybridized carbons (Fsp3) is 0.625. The summed E-state index contributed by atoms with van der Waals surface area (Å²) >= 11 is 5.71. The van der Waals surface area contributed by atoms with Crippen molar-refractivity contribution >= 4 is 11.6 Å². The first kappa shape index (κ1) is 15.2. The van der Waals surface area contributed by atoms with E-state index in [0.717, 1.165) is 25.3 Å². The minimum Gasteiger partial charge on any atom is -0.374 e. The van der Waals surface area contributed by atoms with E-state index >= 15 is 0 Å². The van der Waals surface area contributed by atoms with Crippen molar-refractivity contribution in [2.75, 3.05) is 26.2 Å². The standard InChI is InChI=1S/C16H22ClFN2O/c1-11(12-4-5-15(17)16(18)7-12)19-8-14-9-20-6-2-3-13(20)10-21-14/h4-5,7,11,13-14,19H,2-3,6,8-10H2,1H3. The minimum atomic E-state index is -0.364. The molecule has 1 aromatic carbocycles. The summed E-state index contributed by atoms with van der Waals surface area (Å²) in [5.41, 5.74) is 0.909. The fourth-order valence-corrected chi connectivity index (χ4v) is 3.33. The molecular formula is C16H22ClFN2O. The molecule has 2 aliphatic heterocycles. The van der Waals surface area contributed by atoms with E-state index in [9.17, 15) is 4.39 Å². The Hall–Kier alpha value is -0.680. The lowest BCUT2D eigenvalue weighted by molar-refractivity contribution is -0.0477. The van der Waals surface area contributed by atoms with Crippen LogP contribution in [-0.4, -0.2) is 43.3 Å². The number of benzene rings is 1. The summed E-state index contributed by atoms with van der Waals surface area (Å²) in [6, 6.07) is 5.68. The van der Waals surface area contributed by atoms with Crippen molar-refractivity contribution in [3.8, 4) is 0 Å². The highest BCUT2D eigenvalue weighted by Crippen LogP contribution is 2.23. The smallest absolute Gasteiger partial charge is 0.142 e. The van der Waals surface area contributed by atoms with Gasteiger partial charge in [-0.3, -0.25) is 4.90 Å². The molecule has 1 N–H and O–H groups in total. The lowest BCUT2D eigenvalue weighted by atomic mass is 10.1. The molecule has 3 nitrogen and oxygen atoms in total. The second-order valence-electron chi connectivity index (χ2n) is 6.05. The van der Waals surface area contributed by atoms with Crippen molar-refractivity contribution < 1.29 is 9.13 Å². The van der Waals surface area contributed by atoms with E-state index in [2.05, 4.69) is 10.2 Å². The van der Waals surface area contributed by atoms with Gasteiger partial charge in [0.05, 0.1) is 17.7 Å². The van der Waals surface area contributed by atoms with Crippen LogP contribution in [0.5, 0.6) is 0 Å². The van der Waals surface area contributed by atoms with Crippen LogP contribution in [0.3, 0.4) is 0 Å². The van der Waals surface area contributed by atoms with Crippen LogP contribution in [0, 0.1) is 5.82 Å². The van der Waals surface area contributed by atoms with Crippen molar-refractivity contribution in [1.82, 2.24) is 10.2 Å². The number of nitrogens with one attached hydrogen (secondary N) is 1. The first-order valence-corrected chi connectivity index (χ1v) is 8.05. The molecular weight excluding hydrogens is 291 g/mol. The summed E-state index contributed by atoms with van der Waals surface area (Å²) in [6.07, 6.45) is 2.77. The summed E-state index contributed by atoms with van der Waals surface area (Å²) in [4.78, 5) is 2.53. The molecule has 1 aromatic rings. The summed E-state index contributed by atoms with van der Waals surface area (Å²) in [5, 5.41) is 3.60. The van der Waals surface area contributed by atoms with E-state index in [4.69, 9.17) is 16.3 Å². The van der Waals surface area contributed by atoms with E-state index in [1.165, 1.54) is 25.5 Å². The van der Waals surface area contributed by atoms with Gasteiger partial charge in [-0.2, -0.15) is 0 Å². The molecule has 0 amide bonds. The van der Waals surface area contributed by atoms with Gasteiger partial charge in [-0.1, -0.05) is 17.7 Å². The molecule has 2 aliphatic rings.